The fourth-order valence-corrected chi connectivity index (χ4v) is 8.77. The minimum Gasteiger partial charge on any atom is -0.395 e. The first kappa shape index (κ1) is 33.9. The van der Waals surface area contributed by atoms with Crippen LogP contribution in [0.15, 0.2) is 35.6 Å². The minimum atomic E-state index is -4.36. The van der Waals surface area contributed by atoms with Gasteiger partial charge in [-0.2, -0.15) is 4.98 Å². The number of fused-ring (bicyclic) bond motifs is 5. The van der Waals surface area contributed by atoms with Crippen LogP contribution in [0.2, 0.25) is 0 Å². The van der Waals surface area contributed by atoms with Crippen LogP contribution in [0.25, 0.3) is 22.1 Å². The molecule has 4 aromatic heterocycles. The summed E-state index contributed by atoms with van der Waals surface area (Å²) < 4.78 is 51.3. The normalized spacial score (nSPS) is 36.0. The molecule has 0 spiro atoms. The monoisotopic (exact) mass is 748 g/mol. The van der Waals surface area contributed by atoms with Gasteiger partial charge >= 0.3 is 13.5 Å². The molecule has 20 nitrogen and oxygen atoms in total. The van der Waals surface area contributed by atoms with Crippen molar-refractivity contribution in [3.8, 4) is 0 Å². The summed E-state index contributed by atoms with van der Waals surface area (Å²) in [6.45, 7) is -9.52. The number of nitrogens with two attached hydrogens (primary N) is 1. The Morgan fingerprint density at radius 2 is 1.73 bits per heavy atom. The Morgan fingerprint density at radius 1 is 1.02 bits per heavy atom. The molecule has 6 unspecified atom stereocenters. The second kappa shape index (κ2) is 13.0. The second-order valence-corrected chi connectivity index (χ2v) is 16.7. The van der Waals surface area contributed by atoms with Crippen molar-refractivity contribution in [3.63, 3.8) is 0 Å². The third-order valence-electron chi connectivity index (χ3n) is 8.00. The number of nitrogens with one attached hydrogen (secondary N) is 2. The number of rotatable bonds is 5. The smallest absolute Gasteiger partial charge is 0.386 e. The number of hydrogen-bond donors (Lipinski definition) is 8. The van der Waals surface area contributed by atoms with Crippen LogP contribution >= 0.6 is 25.8 Å². The quantitative estimate of drug-likeness (QED) is 0.0965. The first-order chi connectivity index (χ1) is 22.9. The molecule has 0 aromatic carbocycles. The van der Waals surface area contributed by atoms with Gasteiger partial charge in [-0.05, 0) is 23.9 Å². The van der Waals surface area contributed by atoms with Gasteiger partial charge in [-0.25, -0.2) is 14.5 Å². The number of aliphatic hydroxyl groups excluding tert-OH is 3. The molecule has 10 atom stereocenters. The first-order valence-corrected chi connectivity index (χ1v) is 19.7. The summed E-state index contributed by atoms with van der Waals surface area (Å²) in [5.41, 5.74) is 5.66. The minimum absolute atomic E-state index is 0.0802. The summed E-state index contributed by atoms with van der Waals surface area (Å²) in [6, 6.07) is 3.12. The standard InChI is InChI=1S/C24H30N8O12P2S2/c25-24-29-20-11(21(36)30-24)2-5-32(20)23-17-14(34)12(41-23)7-39-45(37,47)43-16-13(8-40-46(38,48)44-17)42-22(15(16)35)31-4-1-10-18(26-3-6-33)27-9-28-19(10)31/h1-2,4-5,9,12-17,22-23,33-35H,3,6-8H2,(H,37,47)(H,38,48)(H,26,27,28)(H3,25,29,30,36)/t12-,13-,14?,15?,16?,17?,22-,23-,45?,46?/m1/s1. The number of anilines is 2. The van der Waals surface area contributed by atoms with E-state index in [1.54, 1.807) is 12.3 Å². The third kappa shape index (κ3) is 6.31. The SMILES string of the molecule is Nc1nc2c(ccn2[C@@H]2O[C@@H]3COP(O)(=S)OC4C(O)[C@H](n5ccc6c(NCCO)ncnc65)O[C@@H]4COP(=O)(S)OC2C3O)c(=O)[nH]1. The molecule has 7 rings (SSSR count). The van der Waals surface area contributed by atoms with E-state index in [1.165, 1.54) is 27.7 Å². The predicted molar refractivity (Wildman–Crippen MR) is 172 cm³/mol. The Hall–Kier alpha value is -2.53. The fraction of sp³-hybridized carbons (Fsp3) is 0.500. The van der Waals surface area contributed by atoms with Crippen molar-refractivity contribution in [2.75, 3.05) is 37.4 Å². The van der Waals surface area contributed by atoms with Crippen molar-refractivity contribution in [3.05, 3.63) is 41.2 Å². The molecule has 4 aromatic rings. The van der Waals surface area contributed by atoms with Crippen molar-refractivity contribution >= 4 is 71.4 Å². The molecule has 3 fully saturated rings. The molecule has 0 amide bonds. The number of H-pyrrole nitrogens is 1. The Balaban J connectivity index is 1.19. The molecule has 3 aliphatic heterocycles. The molecule has 3 saturated heterocycles. The topological polar surface area (TPSA) is 273 Å². The molecule has 0 radical (unpaired) electrons. The lowest BCUT2D eigenvalue weighted by molar-refractivity contribution is -0.0586. The maximum atomic E-state index is 13.6. The van der Waals surface area contributed by atoms with Gasteiger partial charge in [-0.1, -0.05) is 12.2 Å². The summed E-state index contributed by atoms with van der Waals surface area (Å²) in [6.07, 6.45) is -6.39. The van der Waals surface area contributed by atoms with Crippen molar-refractivity contribution in [1.29, 1.82) is 0 Å². The van der Waals surface area contributed by atoms with Crippen molar-refractivity contribution in [1.82, 2.24) is 29.1 Å². The van der Waals surface area contributed by atoms with E-state index in [9.17, 15) is 29.6 Å². The number of aliphatic hydroxyl groups is 3. The van der Waals surface area contributed by atoms with Crippen molar-refractivity contribution in [2.45, 2.75) is 49.1 Å². The average Bonchev–Trinajstić information content (AvgIpc) is 3.79. The largest absolute Gasteiger partial charge is 0.395 e. The molecule has 7 heterocycles. The zero-order chi connectivity index (χ0) is 34.0. The Labute approximate surface area is 280 Å². The highest BCUT2D eigenvalue weighted by Gasteiger charge is 2.52. The van der Waals surface area contributed by atoms with Crippen molar-refractivity contribution < 1.29 is 52.3 Å². The predicted octanol–water partition coefficient (Wildman–Crippen LogP) is -0.256. The molecule has 2 bridgehead atoms. The van der Waals surface area contributed by atoms with Gasteiger partial charge in [0.25, 0.3) is 5.56 Å². The number of aromatic amines is 1. The van der Waals surface area contributed by atoms with E-state index in [1.807, 2.05) is 0 Å². The molecular weight excluding hydrogens is 718 g/mol. The van der Waals surface area contributed by atoms with Gasteiger partial charge in [-0.3, -0.25) is 23.3 Å². The second-order valence-electron chi connectivity index (χ2n) is 11.0. The number of aromatic nitrogens is 6. The highest BCUT2D eigenvalue weighted by molar-refractivity contribution is 8.44. The Morgan fingerprint density at radius 3 is 2.50 bits per heavy atom. The van der Waals surface area contributed by atoms with Gasteiger partial charge in [0, 0.05) is 18.9 Å². The van der Waals surface area contributed by atoms with Gasteiger partial charge in [0.15, 0.2) is 18.1 Å². The lowest BCUT2D eigenvalue weighted by atomic mass is 10.1. The van der Waals surface area contributed by atoms with Gasteiger partial charge in [0.05, 0.1) is 30.6 Å². The molecule has 24 heteroatoms. The first-order valence-electron chi connectivity index (χ1n) is 14.4. The van der Waals surface area contributed by atoms with Gasteiger partial charge in [0.2, 0.25) is 5.95 Å². The molecule has 260 valence electrons. The van der Waals surface area contributed by atoms with E-state index in [0.717, 1.165) is 0 Å². The van der Waals surface area contributed by atoms with E-state index in [4.69, 9.17) is 45.1 Å². The van der Waals surface area contributed by atoms with Crippen LogP contribution in [0.4, 0.5) is 11.8 Å². The zero-order valence-corrected chi connectivity index (χ0v) is 28.0. The number of hydrogen-bond acceptors (Lipinski definition) is 17. The van der Waals surface area contributed by atoms with Gasteiger partial charge in [0.1, 0.15) is 54.4 Å². The van der Waals surface area contributed by atoms with E-state index >= 15 is 0 Å². The maximum absolute atomic E-state index is 13.6. The molecule has 3 aliphatic rings. The van der Waals surface area contributed by atoms with Gasteiger partial charge in [-0.15, -0.1) is 0 Å². The third-order valence-corrected chi connectivity index (χ3v) is 11.2. The lowest BCUT2D eigenvalue weighted by Gasteiger charge is -2.27. The maximum Gasteiger partial charge on any atom is 0.386 e. The van der Waals surface area contributed by atoms with Crippen LogP contribution in [0.1, 0.15) is 12.5 Å². The van der Waals surface area contributed by atoms with Crippen LogP contribution in [-0.4, -0.2) is 112 Å². The van der Waals surface area contributed by atoms with E-state index in [-0.39, 0.29) is 30.1 Å². The summed E-state index contributed by atoms with van der Waals surface area (Å²) in [7, 11) is 0. The molecule has 8 N–H and O–H groups in total. The number of ether oxygens (including phenoxy) is 2. The van der Waals surface area contributed by atoms with E-state index < -0.39 is 81.4 Å². The van der Waals surface area contributed by atoms with E-state index in [0.29, 0.717) is 16.9 Å². The van der Waals surface area contributed by atoms with Crippen LogP contribution in [0.3, 0.4) is 0 Å². The fourth-order valence-electron chi connectivity index (χ4n) is 5.87. The van der Waals surface area contributed by atoms with Crippen LogP contribution in [0, 0.1) is 0 Å². The number of nitrogens with zero attached hydrogens (tertiary/aromatic N) is 5. The van der Waals surface area contributed by atoms with Gasteiger partial charge < -0.3 is 54.4 Å². The zero-order valence-electron chi connectivity index (χ0n) is 24.5. The van der Waals surface area contributed by atoms with Crippen LogP contribution in [-0.2, 0) is 43.9 Å². The average molecular weight is 749 g/mol. The summed E-state index contributed by atoms with van der Waals surface area (Å²) >= 11 is 9.38. The molecule has 48 heavy (non-hydrogen) atoms. The number of thiol groups is 1. The Bertz CT molecular complexity index is 2000. The van der Waals surface area contributed by atoms with E-state index in [2.05, 4.69) is 37.5 Å². The highest BCUT2D eigenvalue weighted by atomic mass is 32.7. The van der Waals surface area contributed by atoms with Crippen LogP contribution < -0.4 is 16.6 Å². The Kier molecular flexibility index (Phi) is 9.18. The lowest BCUT2D eigenvalue weighted by Crippen LogP contribution is -2.36. The number of nitrogen functional groups attached to an aromatic ring is 1. The van der Waals surface area contributed by atoms with Crippen molar-refractivity contribution in [2.24, 2.45) is 0 Å². The summed E-state index contributed by atoms with van der Waals surface area (Å²) in [4.78, 5) is 38.5. The van der Waals surface area contributed by atoms with Crippen LogP contribution in [0.5, 0.6) is 0 Å². The summed E-state index contributed by atoms with van der Waals surface area (Å²) in [5.74, 6) is 0.253. The molecule has 0 saturated carbocycles. The highest BCUT2D eigenvalue weighted by Crippen LogP contribution is 2.58. The molecular formula is C24H30N8O12P2S2. The summed E-state index contributed by atoms with van der Waals surface area (Å²) in [5, 5.41) is 35.5. The molecule has 0 aliphatic carbocycles.